The molecule has 1 aliphatic rings. The number of esters is 1. The molecule has 1 saturated heterocycles. The molecule has 2 N–H and O–H groups in total. The van der Waals surface area contributed by atoms with Crippen LogP contribution in [0.2, 0.25) is 0 Å². The first-order valence-electron chi connectivity index (χ1n) is 14.6. The number of rotatable bonds is 14. The van der Waals surface area contributed by atoms with Crippen LogP contribution in [0.4, 0.5) is 4.39 Å². The molecule has 2 aromatic carbocycles. The number of nitrogens with zero attached hydrogens (tertiary/aromatic N) is 2. The number of hydrogen-bond donors (Lipinski definition) is 2. The smallest absolute Gasteiger partial charge is 0.459 e. The van der Waals surface area contributed by atoms with Gasteiger partial charge in [-0.05, 0) is 36.6 Å². The van der Waals surface area contributed by atoms with Crippen LogP contribution in [-0.4, -0.2) is 59.3 Å². The molecule has 0 radical (unpaired) electrons. The molecule has 1 aliphatic heterocycles. The van der Waals surface area contributed by atoms with Gasteiger partial charge >= 0.3 is 19.4 Å². The molecule has 4 aromatic rings. The van der Waals surface area contributed by atoms with E-state index in [1.807, 2.05) is 24.3 Å². The highest BCUT2D eigenvalue weighted by atomic mass is 31.2. The lowest BCUT2D eigenvalue weighted by Crippen LogP contribution is -2.34. The molecule has 3 heterocycles. The largest absolute Gasteiger partial charge is 0.468 e. The van der Waals surface area contributed by atoms with E-state index in [0.29, 0.717) is 11.1 Å². The third-order valence-corrected chi connectivity index (χ3v) is 8.82. The van der Waals surface area contributed by atoms with E-state index < -0.39 is 57.2 Å². The Hall–Kier alpha value is -3.87. The molecule has 0 saturated carbocycles. The van der Waals surface area contributed by atoms with Crippen LogP contribution in [-0.2, 0) is 29.8 Å². The number of halogens is 1. The van der Waals surface area contributed by atoms with E-state index in [9.17, 15) is 19.3 Å². The zero-order valence-electron chi connectivity index (χ0n) is 24.8. The molecule has 240 valence electrons. The lowest BCUT2D eigenvalue weighted by molar-refractivity contribution is -0.139. The number of carbonyl (C=O) groups excluding carboxylic acids is 1. The summed E-state index contributed by atoms with van der Waals surface area (Å²) >= 11 is 0. The van der Waals surface area contributed by atoms with Crippen molar-refractivity contribution in [3.63, 3.8) is 0 Å². The lowest BCUT2D eigenvalue weighted by atomic mass is 10.0. The molecule has 0 spiro atoms. The Balaban J connectivity index is 1.30. The van der Waals surface area contributed by atoms with Crippen molar-refractivity contribution in [1.82, 2.24) is 14.6 Å². The number of methoxy groups -OCH3 is 1. The topological polar surface area (TPSA) is 151 Å². The number of aliphatic hydroxyl groups is 1. The summed E-state index contributed by atoms with van der Waals surface area (Å²) in [6.07, 6.45) is -0.945. The molecular formula is C31H35FN3O9P. The number of furan rings is 1. The van der Waals surface area contributed by atoms with E-state index in [1.165, 1.54) is 30.3 Å². The predicted octanol–water partition coefficient (Wildman–Crippen LogP) is 4.95. The van der Waals surface area contributed by atoms with Crippen molar-refractivity contribution in [2.24, 2.45) is 0 Å². The highest BCUT2D eigenvalue weighted by Gasteiger charge is 2.47. The molecule has 5 atom stereocenters. The van der Waals surface area contributed by atoms with E-state index in [2.05, 4.69) is 21.7 Å². The molecule has 0 aliphatic carbocycles. The number of para-hydroxylation sites is 1. The summed E-state index contributed by atoms with van der Waals surface area (Å²) < 4.78 is 56.7. The molecule has 1 unspecified atom stereocenters. The number of benzene rings is 2. The van der Waals surface area contributed by atoms with E-state index >= 15 is 4.39 Å². The summed E-state index contributed by atoms with van der Waals surface area (Å²) in [5.41, 5.74) is 1.23. The van der Waals surface area contributed by atoms with Crippen LogP contribution in [0, 0.1) is 0 Å². The summed E-state index contributed by atoms with van der Waals surface area (Å²) in [5, 5.41) is 13.4. The van der Waals surface area contributed by atoms with E-state index in [1.54, 1.807) is 24.3 Å². The van der Waals surface area contributed by atoms with Gasteiger partial charge in [-0.15, -0.1) is 0 Å². The Morgan fingerprint density at radius 2 is 1.91 bits per heavy atom. The Kier molecular flexibility index (Phi) is 10.5. The third-order valence-electron chi connectivity index (χ3n) is 7.33. The fourth-order valence-corrected chi connectivity index (χ4v) is 6.13. The van der Waals surface area contributed by atoms with Crippen molar-refractivity contribution in [3.8, 4) is 17.1 Å². The number of hydrogen-bond acceptors (Lipinski definition) is 10. The second-order valence-electron chi connectivity index (χ2n) is 10.6. The summed E-state index contributed by atoms with van der Waals surface area (Å²) in [4.78, 5) is 28.5. The van der Waals surface area contributed by atoms with Gasteiger partial charge in [-0.1, -0.05) is 62.2 Å². The number of nitrogens with one attached hydrogen (secondary N) is 1. The van der Waals surface area contributed by atoms with Crippen molar-refractivity contribution >= 4 is 24.8 Å². The Morgan fingerprint density at radius 1 is 1.16 bits per heavy atom. The van der Waals surface area contributed by atoms with Crippen molar-refractivity contribution in [2.75, 3.05) is 20.3 Å². The number of aliphatic hydroxyl groups excluding tert-OH is 1. The first-order valence-corrected chi connectivity index (χ1v) is 16.1. The lowest BCUT2D eigenvalue weighted by Gasteiger charge is -2.22. The molecular weight excluding hydrogens is 608 g/mol. The van der Waals surface area contributed by atoms with Gasteiger partial charge in [0.1, 0.15) is 30.3 Å². The molecule has 0 bridgehead atoms. The Bertz CT molecular complexity index is 1700. The van der Waals surface area contributed by atoms with E-state index in [-0.39, 0.29) is 11.5 Å². The average molecular weight is 644 g/mol. The SMILES string of the molecule is CCCCCc1ccc(-c2cc3cn([C@@H]4O[C@H](COP(=O)(NCC(=O)OC)Oc5ccccc5)[C@@H](O)[C@@H]4F)c(=O)nc3o2)cc1. The zero-order chi connectivity index (χ0) is 32.0. The van der Waals surface area contributed by atoms with Gasteiger partial charge in [-0.25, -0.2) is 18.8 Å². The van der Waals surface area contributed by atoms with Crippen molar-refractivity contribution < 1.29 is 41.8 Å². The van der Waals surface area contributed by atoms with E-state index in [4.69, 9.17) is 18.2 Å². The van der Waals surface area contributed by atoms with Gasteiger partial charge in [0.15, 0.2) is 12.4 Å². The minimum Gasteiger partial charge on any atom is -0.468 e. The Morgan fingerprint density at radius 3 is 2.62 bits per heavy atom. The molecule has 12 nitrogen and oxygen atoms in total. The van der Waals surface area contributed by atoms with Crippen LogP contribution in [0.3, 0.4) is 0 Å². The van der Waals surface area contributed by atoms with Crippen molar-refractivity contribution in [1.29, 1.82) is 0 Å². The standard InChI is InChI=1S/C31H35FN3O9P/c1-3-4-6-9-20-12-14-21(15-13-20)24-16-22-18-35(31(38)34-29(22)42-24)30-27(32)28(37)25(43-30)19-41-45(39,33-17-26(36)40-2)44-23-10-7-5-8-11-23/h5,7-8,10-16,18,25,27-28,30,37H,3-4,6,9,17,19H2,1-2H3,(H,33,39)/t25-,27+,28-,30-,45?/m1/s1. The first-order chi connectivity index (χ1) is 21.7. The van der Waals surface area contributed by atoms with Crippen LogP contribution >= 0.6 is 7.75 Å². The maximum Gasteiger partial charge on any atom is 0.459 e. The fourth-order valence-electron chi connectivity index (χ4n) is 4.86. The monoisotopic (exact) mass is 643 g/mol. The van der Waals surface area contributed by atoms with E-state index in [0.717, 1.165) is 36.5 Å². The molecule has 1 fully saturated rings. The van der Waals surface area contributed by atoms with Crippen LogP contribution in [0.15, 0.2) is 76.1 Å². The fraction of sp³-hybridized carbons (Fsp3) is 0.387. The molecule has 14 heteroatoms. The minimum absolute atomic E-state index is 0.0720. The van der Waals surface area contributed by atoms with Gasteiger partial charge in [0.25, 0.3) is 0 Å². The summed E-state index contributed by atoms with van der Waals surface area (Å²) in [6, 6.07) is 17.7. The number of fused-ring (bicyclic) bond motifs is 1. The van der Waals surface area contributed by atoms with Crippen LogP contribution in [0.5, 0.6) is 5.75 Å². The van der Waals surface area contributed by atoms with Crippen LogP contribution in [0.1, 0.15) is 38.0 Å². The third kappa shape index (κ3) is 7.86. The molecule has 2 aromatic heterocycles. The van der Waals surface area contributed by atoms with Gasteiger partial charge in [0.2, 0.25) is 5.71 Å². The van der Waals surface area contributed by atoms with Crippen molar-refractivity contribution in [2.45, 2.75) is 57.2 Å². The summed E-state index contributed by atoms with van der Waals surface area (Å²) in [6.45, 7) is 1.04. The maximum absolute atomic E-state index is 15.4. The number of carbonyl (C=O) groups is 1. The minimum atomic E-state index is -4.24. The van der Waals surface area contributed by atoms with Crippen LogP contribution in [0.25, 0.3) is 22.4 Å². The predicted molar refractivity (Wildman–Crippen MR) is 162 cm³/mol. The van der Waals surface area contributed by atoms with Gasteiger partial charge < -0.3 is 23.5 Å². The van der Waals surface area contributed by atoms with Crippen molar-refractivity contribution in [3.05, 3.63) is 82.9 Å². The summed E-state index contributed by atoms with van der Waals surface area (Å²) in [7, 11) is -3.08. The summed E-state index contributed by atoms with van der Waals surface area (Å²) in [5.74, 6) is -0.0832. The number of aromatic nitrogens is 2. The molecule has 45 heavy (non-hydrogen) atoms. The maximum atomic E-state index is 15.4. The average Bonchev–Trinajstić information content (AvgIpc) is 3.59. The number of ether oxygens (including phenoxy) is 2. The second kappa shape index (κ2) is 14.5. The Labute approximate surface area is 258 Å². The first kappa shape index (κ1) is 32.5. The van der Waals surface area contributed by atoms with Gasteiger partial charge in [-0.2, -0.15) is 4.98 Å². The number of aryl methyl sites for hydroxylation is 1. The normalized spacial score (nSPS) is 21.1. The number of alkyl halides is 1. The second-order valence-corrected chi connectivity index (χ2v) is 12.3. The molecule has 5 rings (SSSR count). The highest BCUT2D eigenvalue weighted by molar-refractivity contribution is 7.52. The molecule has 0 amide bonds. The van der Waals surface area contributed by atoms with Gasteiger partial charge in [0, 0.05) is 11.8 Å². The number of unbranched alkanes of at least 4 members (excludes halogenated alkanes) is 2. The quantitative estimate of drug-likeness (QED) is 0.109. The zero-order valence-corrected chi connectivity index (χ0v) is 25.7. The van der Waals surface area contributed by atoms with Gasteiger partial charge in [0.05, 0.1) is 19.1 Å². The highest BCUT2D eigenvalue weighted by Crippen LogP contribution is 2.45. The van der Waals surface area contributed by atoms with Gasteiger partial charge in [-0.3, -0.25) is 13.9 Å². The van der Waals surface area contributed by atoms with Crippen LogP contribution < -0.4 is 15.3 Å².